The van der Waals surface area contributed by atoms with Crippen molar-refractivity contribution in [3.63, 3.8) is 0 Å². The standard InChI is InChI=1S/C15H23BrO.C7H8.H2O/c1-4-6-7-13(5-2)11-17-15-9-8-12(3)10-14(15)16;1-7-5-3-2-4-6-7;/h8-10,13H,4-7,11H2,1-3H3;2-6H,1H3;1H2. The Morgan fingerprint density at radius 1 is 0.960 bits per heavy atom. The van der Waals surface area contributed by atoms with Crippen molar-refractivity contribution in [2.45, 2.75) is 53.4 Å². The highest BCUT2D eigenvalue weighted by Gasteiger charge is 2.08. The Morgan fingerprint density at radius 3 is 2.12 bits per heavy atom. The first kappa shape index (κ1) is 23.7. The average Bonchev–Trinajstić information content (AvgIpc) is 2.58. The summed E-state index contributed by atoms with van der Waals surface area (Å²) in [6, 6.07) is 16.5. The lowest BCUT2D eigenvalue weighted by Crippen LogP contribution is -2.11. The fourth-order valence-corrected chi connectivity index (χ4v) is 2.97. The number of ether oxygens (including phenoxy) is 1. The van der Waals surface area contributed by atoms with Crippen molar-refractivity contribution >= 4 is 15.9 Å². The van der Waals surface area contributed by atoms with E-state index in [1.165, 1.54) is 36.8 Å². The Hall–Kier alpha value is -1.32. The van der Waals surface area contributed by atoms with Crippen LogP contribution in [0.1, 0.15) is 50.7 Å². The summed E-state index contributed by atoms with van der Waals surface area (Å²) in [5.74, 6) is 1.65. The summed E-state index contributed by atoms with van der Waals surface area (Å²) in [5.41, 5.74) is 2.57. The summed E-state index contributed by atoms with van der Waals surface area (Å²) in [4.78, 5) is 0. The van der Waals surface area contributed by atoms with Crippen LogP contribution in [0.5, 0.6) is 5.75 Å². The SMILES string of the molecule is CCCCC(CC)COc1ccc(C)cc1Br.Cc1ccccc1.O. The van der Waals surface area contributed by atoms with Gasteiger partial charge in [0, 0.05) is 0 Å². The lowest BCUT2D eigenvalue weighted by molar-refractivity contribution is 0.232. The molecule has 25 heavy (non-hydrogen) atoms. The fraction of sp³-hybridized carbons (Fsp3) is 0.455. The average molecular weight is 409 g/mol. The fourth-order valence-electron chi connectivity index (χ4n) is 2.36. The second kappa shape index (κ2) is 13.9. The minimum atomic E-state index is 0. The van der Waals surface area contributed by atoms with E-state index in [0.29, 0.717) is 5.92 Å². The van der Waals surface area contributed by atoms with Gasteiger partial charge in [-0.3, -0.25) is 0 Å². The maximum Gasteiger partial charge on any atom is 0.133 e. The molecule has 1 atom stereocenters. The Balaban J connectivity index is 0.000000603. The minimum absolute atomic E-state index is 0. The third kappa shape index (κ3) is 10.3. The van der Waals surface area contributed by atoms with Crippen LogP contribution >= 0.6 is 15.9 Å². The summed E-state index contributed by atoms with van der Waals surface area (Å²) < 4.78 is 6.95. The second-order valence-corrected chi connectivity index (χ2v) is 7.17. The molecule has 0 fully saturated rings. The van der Waals surface area contributed by atoms with Gasteiger partial charge in [0.05, 0.1) is 11.1 Å². The molecule has 2 nitrogen and oxygen atoms in total. The van der Waals surface area contributed by atoms with Crippen LogP contribution in [-0.2, 0) is 0 Å². The molecular formula is C22H33BrO2. The zero-order valence-corrected chi connectivity index (χ0v) is 17.6. The maximum atomic E-state index is 5.89. The van der Waals surface area contributed by atoms with Gasteiger partial charge in [-0.05, 0) is 59.8 Å². The normalized spacial score (nSPS) is 10.9. The molecule has 3 heteroatoms. The van der Waals surface area contributed by atoms with Crippen molar-refractivity contribution in [3.05, 3.63) is 64.1 Å². The summed E-state index contributed by atoms with van der Waals surface area (Å²) in [5, 5.41) is 0. The van der Waals surface area contributed by atoms with E-state index >= 15 is 0 Å². The summed E-state index contributed by atoms with van der Waals surface area (Å²) >= 11 is 3.55. The van der Waals surface area contributed by atoms with E-state index in [1.807, 2.05) is 24.3 Å². The van der Waals surface area contributed by atoms with Gasteiger partial charge in [0.15, 0.2) is 0 Å². The molecule has 0 aliphatic carbocycles. The van der Waals surface area contributed by atoms with Crippen LogP contribution in [0.15, 0.2) is 53.0 Å². The molecule has 140 valence electrons. The molecule has 0 aromatic heterocycles. The van der Waals surface area contributed by atoms with E-state index < -0.39 is 0 Å². The van der Waals surface area contributed by atoms with Crippen LogP contribution in [-0.4, -0.2) is 12.1 Å². The van der Waals surface area contributed by atoms with Gasteiger partial charge < -0.3 is 10.2 Å². The van der Waals surface area contributed by atoms with Crippen LogP contribution < -0.4 is 4.74 Å². The molecule has 0 radical (unpaired) electrons. The number of hydrogen-bond acceptors (Lipinski definition) is 1. The first-order valence-corrected chi connectivity index (χ1v) is 9.76. The van der Waals surface area contributed by atoms with Crippen molar-refractivity contribution in [1.29, 1.82) is 0 Å². The molecule has 0 heterocycles. The first-order chi connectivity index (χ1) is 11.6. The Morgan fingerprint density at radius 2 is 1.64 bits per heavy atom. The smallest absolute Gasteiger partial charge is 0.133 e. The molecule has 0 saturated carbocycles. The molecule has 2 aromatic carbocycles. The lowest BCUT2D eigenvalue weighted by atomic mass is 10.0. The van der Waals surface area contributed by atoms with Gasteiger partial charge in [0.1, 0.15) is 5.75 Å². The molecular weight excluding hydrogens is 376 g/mol. The van der Waals surface area contributed by atoms with Crippen molar-refractivity contribution in [2.75, 3.05) is 6.61 Å². The number of halogens is 1. The molecule has 0 amide bonds. The largest absolute Gasteiger partial charge is 0.492 e. The number of hydrogen-bond donors (Lipinski definition) is 0. The van der Waals surface area contributed by atoms with E-state index in [0.717, 1.165) is 16.8 Å². The number of aryl methyl sites for hydroxylation is 2. The van der Waals surface area contributed by atoms with Gasteiger partial charge in [-0.2, -0.15) is 0 Å². The van der Waals surface area contributed by atoms with Crippen molar-refractivity contribution < 1.29 is 10.2 Å². The molecule has 2 N–H and O–H groups in total. The van der Waals surface area contributed by atoms with Gasteiger partial charge >= 0.3 is 0 Å². The van der Waals surface area contributed by atoms with Crippen LogP contribution in [0.2, 0.25) is 0 Å². The number of unbranched alkanes of at least 4 members (excludes halogenated alkanes) is 1. The van der Waals surface area contributed by atoms with Gasteiger partial charge in [0.25, 0.3) is 0 Å². The number of rotatable bonds is 7. The van der Waals surface area contributed by atoms with E-state index in [2.05, 4.69) is 67.9 Å². The van der Waals surface area contributed by atoms with Crippen LogP contribution in [0.4, 0.5) is 0 Å². The highest BCUT2D eigenvalue weighted by atomic mass is 79.9. The Bertz CT molecular complexity index is 569. The van der Waals surface area contributed by atoms with Crippen LogP contribution in [0.3, 0.4) is 0 Å². The molecule has 0 aliphatic rings. The number of benzene rings is 2. The van der Waals surface area contributed by atoms with E-state index in [1.54, 1.807) is 0 Å². The third-order valence-corrected chi connectivity index (χ3v) is 4.67. The second-order valence-electron chi connectivity index (χ2n) is 6.32. The maximum absolute atomic E-state index is 5.89. The molecule has 2 aromatic rings. The zero-order valence-electron chi connectivity index (χ0n) is 16.0. The molecule has 0 bridgehead atoms. The molecule has 0 spiro atoms. The Labute approximate surface area is 162 Å². The van der Waals surface area contributed by atoms with Gasteiger partial charge in [0.2, 0.25) is 0 Å². The van der Waals surface area contributed by atoms with Crippen molar-refractivity contribution in [3.8, 4) is 5.75 Å². The quantitative estimate of drug-likeness (QED) is 0.513. The predicted octanol–water partition coefficient (Wildman–Crippen LogP) is 6.52. The van der Waals surface area contributed by atoms with E-state index in [4.69, 9.17) is 4.74 Å². The minimum Gasteiger partial charge on any atom is -0.492 e. The molecule has 0 saturated heterocycles. The highest BCUT2D eigenvalue weighted by Crippen LogP contribution is 2.26. The van der Waals surface area contributed by atoms with Gasteiger partial charge in [-0.25, -0.2) is 0 Å². The zero-order chi connectivity index (χ0) is 17.8. The summed E-state index contributed by atoms with van der Waals surface area (Å²) in [6.07, 6.45) is 5.04. The van der Waals surface area contributed by atoms with Crippen molar-refractivity contribution in [1.82, 2.24) is 0 Å². The van der Waals surface area contributed by atoms with Crippen LogP contribution in [0.25, 0.3) is 0 Å². The molecule has 0 aliphatic heterocycles. The monoisotopic (exact) mass is 408 g/mol. The van der Waals surface area contributed by atoms with Gasteiger partial charge in [-0.15, -0.1) is 0 Å². The summed E-state index contributed by atoms with van der Waals surface area (Å²) in [7, 11) is 0. The van der Waals surface area contributed by atoms with E-state index in [9.17, 15) is 0 Å². The van der Waals surface area contributed by atoms with Crippen LogP contribution in [0, 0.1) is 19.8 Å². The van der Waals surface area contributed by atoms with Gasteiger partial charge in [-0.1, -0.05) is 75.1 Å². The van der Waals surface area contributed by atoms with Crippen molar-refractivity contribution in [2.24, 2.45) is 5.92 Å². The molecule has 1 unspecified atom stereocenters. The lowest BCUT2D eigenvalue weighted by Gasteiger charge is -2.16. The topological polar surface area (TPSA) is 40.7 Å². The molecule has 2 rings (SSSR count). The first-order valence-electron chi connectivity index (χ1n) is 8.97. The summed E-state index contributed by atoms with van der Waals surface area (Å²) in [6.45, 7) is 9.49. The predicted molar refractivity (Wildman–Crippen MR) is 112 cm³/mol. The third-order valence-electron chi connectivity index (χ3n) is 4.05. The van der Waals surface area contributed by atoms with E-state index in [-0.39, 0.29) is 5.48 Å². The highest BCUT2D eigenvalue weighted by molar-refractivity contribution is 9.10. The Kier molecular flexibility index (Phi) is 13.2.